The number of hydrogen-bond acceptors (Lipinski definition) is 10. The van der Waals surface area contributed by atoms with Gasteiger partial charge in [-0.15, -0.1) is 0 Å². The van der Waals surface area contributed by atoms with E-state index in [0.717, 1.165) is 63.7 Å². The Morgan fingerprint density at radius 3 is 2.00 bits per heavy atom. The third-order valence-corrected chi connectivity index (χ3v) is 8.72. The van der Waals surface area contributed by atoms with Crippen molar-refractivity contribution < 1.29 is 52.9 Å². The number of rotatable bonds is 34. The Kier molecular flexibility index (Phi) is 32.3. The predicted octanol–water partition coefficient (Wildman–Crippen LogP) is 8.21. The summed E-state index contributed by atoms with van der Waals surface area (Å²) in [5.74, 6) is -0.290. The van der Waals surface area contributed by atoms with Crippen LogP contribution in [0.5, 0.6) is 0 Å². The molecule has 0 rings (SSSR count). The fourth-order valence-electron chi connectivity index (χ4n) is 4.75. The van der Waals surface area contributed by atoms with Crippen LogP contribution in [0.2, 0.25) is 0 Å². The molecule has 0 aliphatic carbocycles. The van der Waals surface area contributed by atoms with E-state index in [1.165, 1.54) is 25.7 Å². The number of unbranched alkanes of at least 4 members (excludes halogenated alkanes) is 9. The van der Waals surface area contributed by atoms with Crippen LogP contribution < -0.4 is 0 Å². The molecule has 0 amide bonds. The molecule has 296 valence electrons. The summed E-state index contributed by atoms with van der Waals surface area (Å²) in [6, 6.07) is 0. The highest BCUT2D eigenvalue weighted by Crippen LogP contribution is 2.43. The minimum atomic E-state index is -4.64. The van der Waals surface area contributed by atoms with Gasteiger partial charge in [-0.25, -0.2) is 4.57 Å². The molecule has 11 nitrogen and oxygen atoms in total. The second-order valence-electron chi connectivity index (χ2n) is 13.3. The van der Waals surface area contributed by atoms with Crippen LogP contribution in [0.1, 0.15) is 136 Å². The van der Waals surface area contributed by atoms with Crippen LogP contribution >= 0.6 is 7.82 Å². The molecule has 0 heterocycles. The van der Waals surface area contributed by atoms with E-state index < -0.39 is 51.8 Å². The Labute approximate surface area is 307 Å². The second kappa shape index (κ2) is 33.7. The van der Waals surface area contributed by atoms with Crippen LogP contribution in [0.4, 0.5) is 0 Å². The number of aliphatic hydroxyl groups is 3. The van der Waals surface area contributed by atoms with Crippen LogP contribution in [0.3, 0.4) is 0 Å². The third-order valence-electron chi connectivity index (χ3n) is 7.77. The fraction of sp³-hybridized carbons (Fsp3) is 0.744. The molecule has 0 aromatic carbocycles. The lowest BCUT2D eigenvalue weighted by molar-refractivity contribution is -0.161. The number of phosphoric acid groups is 1. The number of esters is 2. The van der Waals surface area contributed by atoms with Gasteiger partial charge < -0.3 is 29.7 Å². The first-order valence-corrected chi connectivity index (χ1v) is 20.6. The van der Waals surface area contributed by atoms with Gasteiger partial charge in [0.1, 0.15) is 12.7 Å². The van der Waals surface area contributed by atoms with Crippen molar-refractivity contribution in [2.75, 3.05) is 26.4 Å². The minimum absolute atomic E-state index is 0.0870. The number of allylic oxidation sites excluding steroid dienone is 7. The molecule has 0 saturated carbocycles. The highest BCUT2D eigenvalue weighted by Gasteiger charge is 2.27. The van der Waals surface area contributed by atoms with Crippen molar-refractivity contribution in [3.63, 3.8) is 0 Å². The molecule has 0 aromatic heterocycles. The molecule has 0 radical (unpaired) electrons. The molecule has 4 N–H and O–H groups in total. The molecule has 1 unspecified atom stereocenters. The Hall–Kier alpha value is -2.11. The van der Waals surface area contributed by atoms with Gasteiger partial charge in [0, 0.05) is 12.8 Å². The maximum atomic E-state index is 12.5. The first-order valence-electron chi connectivity index (χ1n) is 19.1. The predicted molar refractivity (Wildman–Crippen MR) is 202 cm³/mol. The zero-order valence-corrected chi connectivity index (χ0v) is 32.5. The van der Waals surface area contributed by atoms with Crippen molar-refractivity contribution in [1.29, 1.82) is 0 Å². The van der Waals surface area contributed by atoms with Gasteiger partial charge in [0.2, 0.25) is 0 Å². The quantitative estimate of drug-likeness (QED) is 0.0165. The second-order valence-corrected chi connectivity index (χ2v) is 14.7. The first-order chi connectivity index (χ1) is 24.5. The first kappa shape index (κ1) is 48.9. The van der Waals surface area contributed by atoms with Gasteiger partial charge in [0.25, 0.3) is 0 Å². The van der Waals surface area contributed by atoms with Crippen molar-refractivity contribution >= 4 is 19.8 Å². The van der Waals surface area contributed by atoms with Crippen LogP contribution in [0, 0.1) is 5.92 Å². The van der Waals surface area contributed by atoms with Gasteiger partial charge >= 0.3 is 19.8 Å². The van der Waals surface area contributed by atoms with E-state index >= 15 is 0 Å². The molecular formula is C39H69O11P. The number of carbonyl (C=O) groups excluding carboxylic acids is 2. The molecule has 0 spiro atoms. The molecule has 0 fully saturated rings. The van der Waals surface area contributed by atoms with Gasteiger partial charge in [-0.2, -0.15) is 0 Å². The largest absolute Gasteiger partial charge is 0.472 e. The van der Waals surface area contributed by atoms with Crippen molar-refractivity contribution in [2.24, 2.45) is 5.92 Å². The average Bonchev–Trinajstić information content (AvgIpc) is 3.09. The number of aliphatic hydroxyl groups excluding tert-OH is 3. The Bertz CT molecular complexity index is 1020. The molecule has 4 atom stereocenters. The summed E-state index contributed by atoms with van der Waals surface area (Å²) in [6.07, 6.45) is 28.7. The van der Waals surface area contributed by atoms with Gasteiger partial charge in [0.05, 0.1) is 25.9 Å². The van der Waals surface area contributed by atoms with Crippen LogP contribution in [0.25, 0.3) is 0 Å². The van der Waals surface area contributed by atoms with Gasteiger partial charge in [-0.3, -0.25) is 18.6 Å². The minimum Gasteiger partial charge on any atom is -0.462 e. The summed E-state index contributed by atoms with van der Waals surface area (Å²) in [5.41, 5.74) is 0. The molecule has 0 aliphatic rings. The lowest BCUT2D eigenvalue weighted by Crippen LogP contribution is -2.29. The summed E-state index contributed by atoms with van der Waals surface area (Å²) in [6.45, 7) is 4.39. The molecule has 0 aromatic rings. The maximum Gasteiger partial charge on any atom is 0.472 e. The molecule has 0 aliphatic heterocycles. The standard InChI is InChI=1S/C39H69O11P/c1-4-5-20-26-35(41)27-22-17-13-9-7-6-8-10-14-19-24-29-39(44)50-37(33-49-51(45,46)48-31-36(42)30-40)32-47-38(43)28-23-18-15-11-12-16-21-25-34(2)3/h6-7,10,13-14,17,22,27,34-37,40-42H,4-5,8-9,11-12,15-16,18-21,23-26,28-33H2,1-3H3,(H,45,46)/b7-6-,14-10-,17-13-,27-22+/t35-,36-,37+/m0/s1. The van der Waals surface area contributed by atoms with Crippen LogP contribution in [-0.4, -0.2) is 76.9 Å². The van der Waals surface area contributed by atoms with Crippen molar-refractivity contribution in [2.45, 2.75) is 155 Å². The van der Waals surface area contributed by atoms with Crippen molar-refractivity contribution in [3.05, 3.63) is 48.6 Å². The zero-order valence-electron chi connectivity index (χ0n) is 31.6. The van der Waals surface area contributed by atoms with E-state index in [1.54, 1.807) is 0 Å². The number of phosphoric ester groups is 1. The maximum absolute atomic E-state index is 12.5. The molecule has 0 saturated heterocycles. The van der Waals surface area contributed by atoms with E-state index in [2.05, 4.69) is 31.4 Å². The lowest BCUT2D eigenvalue weighted by Gasteiger charge is -2.20. The summed E-state index contributed by atoms with van der Waals surface area (Å²) >= 11 is 0. The van der Waals surface area contributed by atoms with Gasteiger partial charge in [-0.1, -0.05) is 134 Å². The summed E-state index contributed by atoms with van der Waals surface area (Å²) in [4.78, 5) is 34.7. The SMILES string of the molecule is CCCCC[C@H](O)/C=C/C=C\C/C=C\C/C=C\CCCC(=O)O[C@H](COC(=O)CCCCCCCCCC(C)C)COP(=O)(O)OC[C@@H](O)CO. The van der Waals surface area contributed by atoms with E-state index in [9.17, 15) is 29.3 Å². The number of hydrogen-bond donors (Lipinski definition) is 4. The van der Waals surface area contributed by atoms with Crippen molar-refractivity contribution in [1.82, 2.24) is 0 Å². The Morgan fingerprint density at radius 2 is 1.31 bits per heavy atom. The normalized spacial score (nSPS) is 15.3. The zero-order chi connectivity index (χ0) is 38.0. The van der Waals surface area contributed by atoms with E-state index in [-0.39, 0.29) is 25.6 Å². The van der Waals surface area contributed by atoms with Gasteiger partial charge in [-0.05, 0) is 44.4 Å². The highest BCUT2D eigenvalue weighted by molar-refractivity contribution is 7.47. The van der Waals surface area contributed by atoms with Crippen molar-refractivity contribution in [3.8, 4) is 0 Å². The third kappa shape index (κ3) is 34.7. The number of carbonyl (C=O) groups is 2. The van der Waals surface area contributed by atoms with Crippen LogP contribution in [-0.2, 0) is 32.7 Å². The molecule has 0 bridgehead atoms. The summed E-state index contributed by atoms with van der Waals surface area (Å²) in [7, 11) is -4.64. The van der Waals surface area contributed by atoms with E-state index in [4.69, 9.17) is 19.1 Å². The number of ether oxygens (including phenoxy) is 2. The average molecular weight is 745 g/mol. The Morgan fingerprint density at radius 1 is 0.706 bits per heavy atom. The monoisotopic (exact) mass is 744 g/mol. The topological polar surface area (TPSA) is 169 Å². The van der Waals surface area contributed by atoms with E-state index in [1.807, 2.05) is 42.5 Å². The summed E-state index contributed by atoms with van der Waals surface area (Å²) < 4.78 is 32.5. The fourth-order valence-corrected chi connectivity index (χ4v) is 5.54. The van der Waals surface area contributed by atoms with E-state index in [0.29, 0.717) is 19.3 Å². The highest BCUT2D eigenvalue weighted by atomic mass is 31.2. The molecule has 51 heavy (non-hydrogen) atoms. The molecule has 12 heteroatoms. The molecular weight excluding hydrogens is 675 g/mol. The van der Waals surface area contributed by atoms with Crippen LogP contribution in [0.15, 0.2) is 48.6 Å². The smallest absolute Gasteiger partial charge is 0.462 e. The Balaban J connectivity index is 4.53. The van der Waals surface area contributed by atoms with Gasteiger partial charge in [0.15, 0.2) is 6.10 Å². The lowest BCUT2D eigenvalue weighted by atomic mass is 10.0. The summed E-state index contributed by atoms with van der Waals surface area (Å²) in [5, 5.41) is 28.1.